The third-order valence-corrected chi connectivity index (χ3v) is 4.07. The van der Waals surface area contributed by atoms with Gasteiger partial charge in [0.15, 0.2) is 0 Å². The van der Waals surface area contributed by atoms with Crippen molar-refractivity contribution in [1.82, 2.24) is 9.88 Å². The molecule has 0 saturated heterocycles. The van der Waals surface area contributed by atoms with E-state index in [1.807, 2.05) is 24.3 Å². The summed E-state index contributed by atoms with van der Waals surface area (Å²) in [5, 5.41) is 1.05. The summed E-state index contributed by atoms with van der Waals surface area (Å²) in [6.45, 7) is 0.552. The van der Waals surface area contributed by atoms with Crippen LogP contribution in [0.15, 0.2) is 42.7 Å². The molecule has 1 aromatic carbocycles. The van der Waals surface area contributed by atoms with Crippen molar-refractivity contribution in [1.29, 1.82) is 0 Å². The molecule has 0 aliphatic rings. The standard InChI is InChI=1S/C16H16Cl2N2O/c1-20(11-12-4-3-9-19-10-12)15(21)8-7-13-5-2-6-14(17)16(13)18/h2-6,9-10H,7-8,11H2,1H3. The zero-order chi connectivity index (χ0) is 15.2. The number of aryl methyl sites for hydroxylation is 1. The Morgan fingerprint density at radius 3 is 2.76 bits per heavy atom. The average Bonchev–Trinajstić information content (AvgIpc) is 2.49. The predicted octanol–water partition coefficient (Wildman–Crippen LogP) is 3.98. The summed E-state index contributed by atoms with van der Waals surface area (Å²) < 4.78 is 0. The molecule has 1 aromatic heterocycles. The van der Waals surface area contributed by atoms with Crippen molar-refractivity contribution in [2.45, 2.75) is 19.4 Å². The van der Waals surface area contributed by atoms with Crippen LogP contribution in [0.4, 0.5) is 0 Å². The van der Waals surface area contributed by atoms with E-state index in [4.69, 9.17) is 23.2 Å². The fourth-order valence-corrected chi connectivity index (χ4v) is 2.44. The highest BCUT2D eigenvalue weighted by atomic mass is 35.5. The first-order valence-electron chi connectivity index (χ1n) is 6.63. The van der Waals surface area contributed by atoms with Crippen LogP contribution in [0.25, 0.3) is 0 Å². The maximum Gasteiger partial charge on any atom is 0.222 e. The lowest BCUT2D eigenvalue weighted by molar-refractivity contribution is -0.130. The second kappa shape index (κ2) is 7.43. The Balaban J connectivity index is 1.91. The molecule has 1 heterocycles. The summed E-state index contributed by atoms with van der Waals surface area (Å²) in [7, 11) is 1.79. The lowest BCUT2D eigenvalue weighted by atomic mass is 10.1. The number of halogens is 2. The molecule has 0 unspecified atom stereocenters. The molecule has 0 atom stereocenters. The van der Waals surface area contributed by atoms with Crippen molar-refractivity contribution in [2.24, 2.45) is 0 Å². The van der Waals surface area contributed by atoms with Gasteiger partial charge in [0.1, 0.15) is 0 Å². The number of aromatic nitrogens is 1. The van der Waals surface area contributed by atoms with Gasteiger partial charge in [-0.3, -0.25) is 9.78 Å². The topological polar surface area (TPSA) is 33.2 Å². The van der Waals surface area contributed by atoms with Crippen LogP contribution in [-0.4, -0.2) is 22.8 Å². The van der Waals surface area contributed by atoms with Gasteiger partial charge in [-0.2, -0.15) is 0 Å². The lowest BCUT2D eigenvalue weighted by Crippen LogP contribution is -2.26. The molecule has 0 aliphatic heterocycles. The van der Waals surface area contributed by atoms with Crippen LogP contribution < -0.4 is 0 Å². The zero-order valence-electron chi connectivity index (χ0n) is 11.7. The molecule has 3 nitrogen and oxygen atoms in total. The van der Waals surface area contributed by atoms with Gasteiger partial charge in [-0.25, -0.2) is 0 Å². The minimum absolute atomic E-state index is 0.0647. The number of benzene rings is 1. The van der Waals surface area contributed by atoms with Crippen molar-refractivity contribution >= 4 is 29.1 Å². The van der Waals surface area contributed by atoms with Gasteiger partial charge in [0.2, 0.25) is 5.91 Å². The quantitative estimate of drug-likeness (QED) is 0.834. The first-order valence-corrected chi connectivity index (χ1v) is 7.39. The molecule has 21 heavy (non-hydrogen) atoms. The maximum absolute atomic E-state index is 12.1. The Hall–Kier alpha value is -1.58. The predicted molar refractivity (Wildman–Crippen MR) is 85.5 cm³/mol. The number of amides is 1. The van der Waals surface area contributed by atoms with Crippen LogP contribution in [-0.2, 0) is 17.8 Å². The number of carbonyl (C=O) groups excluding carboxylic acids is 1. The highest BCUT2D eigenvalue weighted by Crippen LogP contribution is 2.26. The van der Waals surface area contributed by atoms with E-state index in [9.17, 15) is 4.79 Å². The molecule has 110 valence electrons. The van der Waals surface area contributed by atoms with E-state index in [2.05, 4.69) is 4.98 Å². The molecule has 2 rings (SSSR count). The Kier molecular flexibility index (Phi) is 5.59. The van der Waals surface area contributed by atoms with Crippen molar-refractivity contribution in [3.63, 3.8) is 0 Å². The van der Waals surface area contributed by atoms with Crippen LogP contribution in [0.1, 0.15) is 17.5 Å². The van der Waals surface area contributed by atoms with Gasteiger partial charge in [0.25, 0.3) is 0 Å². The van der Waals surface area contributed by atoms with Gasteiger partial charge in [-0.15, -0.1) is 0 Å². The van der Waals surface area contributed by atoms with Crippen LogP contribution >= 0.6 is 23.2 Å². The maximum atomic E-state index is 12.1. The SMILES string of the molecule is CN(Cc1cccnc1)C(=O)CCc1cccc(Cl)c1Cl. The number of hydrogen-bond acceptors (Lipinski definition) is 2. The average molecular weight is 323 g/mol. The minimum Gasteiger partial charge on any atom is -0.341 e. The van der Waals surface area contributed by atoms with Crippen LogP contribution in [0.5, 0.6) is 0 Å². The van der Waals surface area contributed by atoms with E-state index in [0.29, 0.717) is 29.4 Å². The smallest absolute Gasteiger partial charge is 0.222 e. The fourth-order valence-electron chi connectivity index (χ4n) is 2.03. The third kappa shape index (κ3) is 4.45. The molecule has 0 N–H and O–H groups in total. The van der Waals surface area contributed by atoms with E-state index in [-0.39, 0.29) is 5.91 Å². The Bertz CT molecular complexity index is 617. The molecule has 0 fully saturated rings. The number of carbonyl (C=O) groups is 1. The van der Waals surface area contributed by atoms with E-state index in [1.54, 1.807) is 30.4 Å². The second-order valence-electron chi connectivity index (χ2n) is 4.82. The second-order valence-corrected chi connectivity index (χ2v) is 5.61. The van der Waals surface area contributed by atoms with Gasteiger partial charge in [-0.05, 0) is 29.7 Å². The number of hydrogen-bond donors (Lipinski definition) is 0. The normalized spacial score (nSPS) is 10.4. The molecule has 0 bridgehead atoms. The van der Waals surface area contributed by atoms with Gasteiger partial charge in [-0.1, -0.05) is 41.4 Å². The lowest BCUT2D eigenvalue weighted by Gasteiger charge is -2.17. The molecule has 2 aromatic rings. The van der Waals surface area contributed by atoms with E-state index < -0.39 is 0 Å². The summed E-state index contributed by atoms with van der Waals surface area (Å²) in [4.78, 5) is 17.9. The Labute approximate surface area is 134 Å². The molecular formula is C16H16Cl2N2O. The number of rotatable bonds is 5. The first-order chi connectivity index (χ1) is 10.1. The molecule has 5 heteroatoms. The molecule has 1 amide bonds. The summed E-state index contributed by atoms with van der Waals surface area (Å²) in [6.07, 6.45) is 4.45. The van der Waals surface area contributed by atoms with E-state index in [1.165, 1.54) is 0 Å². The highest BCUT2D eigenvalue weighted by Gasteiger charge is 2.11. The summed E-state index contributed by atoms with van der Waals surface area (Å²) in [6, 6.07) is 9.28. The molecule has 0 radical (unpaired) electrons. The van der Waals surface area contributed by atoms with Crippen LogP contribution in [0.2, 0.25) is 10.0 Å². The van der Waals surface area contributed by atoms with E-state index >= 15 is 0 Å². The van der Waals surface area contributed by atoms with Gasteiger partial charge >= 0.3 is 0 Å². The summed E-state index contributed by atoms with van der Waals surface area (Å²) in [5.74, 6) is 0.0647. The fraction of sp³-hybridized carbons (Fsp3) is 0.250. The highest BCUT2D eigenvalue weighted by molar-refractivity contribution is 6.42. The van der Waals surface area contributed by atoms with Crippen LogP contribution in [0, 0.1) is 0 Å². The minimum atomic E-state index is 0.0647. The largest absolute Gasteiger partial charge is 0.341 e. The van der Waals surface area contributed by atoms with E-state index in [0.717, 1.165) is 11.1 Å². The zero-order valence-corrected chi connectivity index (χ0v) is 13.2. The Morgan fingerprint density at radius 2 is 2.05 bits per heavy atom. The number of nitrogens with zero attached hydrogens (tertiary/aromatic N) is 2. The monoisotopic (exact) mass is 322 g/mol. The van der Waals surface area contributed by atoms with Crippen molar-refractivity contribution in [2.75, 3.05) is 7.05 Å². The molecule has 0 spiro atoms. The van der Waals surface area contributed by atoms with Gasteiger partial charge in [0.05, 0.1) is 10.0 Å². The summed E-state index contributed by atoms with van der Waals surface area (Å²) in [5.41, 5.74) is 1.90. The third-order valence-electron chi connectivity index (χ3n) is 3.21. The molecule has 0 saturated carbocycles. The Morgan fingerprint density at radius 1 is 1.24 bits per heavy atom. The molecular weight excluding hydrogens is 307 g/mol. The van der Waals surface area contributed by atoms with Gasteiger partial charge < -0.3 is 4.90 Å². The van der Waals surface area contributed by atoms with Crippen molar-refractivity contribution in [3.8, 4) is 0 Å². The summed E-state index contributed by atoms with van der Waals surface area (Å²) >= 11 is 12.1. The van der Waals surface area contributed by atoms with Crippen LogP contribution in [0.3, 0.4) is 0 Å². The number of pyridine rings is 1. The molecule has 0 aliphatic carbocycles. The van der Waals surface area contributed by atoms with Crippen molar-refractivity contribution < 1.29 is 4.79 Å². The first kappa shape index (κ1) is 15.8. The van der Waals surface area contributed by atoms with Gasteiger partial charge in [0, 0.05) is 32.4 Å². The van der Waals surface area contributed by atoms with Crippen molar-refractivity contribution in [3.05, 3.63) is 63.9 Å².